The molecule has 0 fully saturated rings. The highest BCUT2D eigenvalue weighted by atomic mass is 35.5. The monoisotopic (exact) mass is 434 g/mol. The molecule has 0 aromatic heterocycles. The summed E-state index contributed by atoms with van der Waals surface area (Å²) in [6.07, 6.45) is 0.386. The summed E-state index contributed by atoms with van der Waals surface area (Å²) < 4.78 is 10.3. The zero-order valence-corrected chi connectivity index (χ0v) is 16.5. The maximum atomic E-state index is 11.9. The number of benzene rings is 2. The van der Waals surface area contributed by atoms with Crippen LogP contribution in [0.4, 0.5) is 0 Å². The van der Waals surface area contributed by atoms with Crippen molar-refractivity contribution in [3.05, 3.63) is 62.1 Å². The van der Waals surface area contributed by atoms with Crippen LogP contribution < -0.4 is 4.74 Å². The van der Waals surface area contributed by atoms with Crippen LogP contribution in [0.2, 0.25) is 20.1 Å². The highest BCUT2D eigenvalue weighted by molar-refractivity contribution is 6.40. The maximum absolute atomic E-state index is 11.9. The third-order valence-corrected chi connectivity index (χ3v) is 4.29. The van der Waals surface area contributed by atoms with Crippen molar-refractivity contribution in [3.8, 4) is 5.75 Å². The molecule has 0 aliphatic carbocycles. The molecule has 0 amide bonds. The fraction of sp³-hybridized carbons (Fsp3) is 0.222. The van der Waals surface area contributed by atoms with E-state index in [-0.39, 0.29) is 41.7 Å². The zero-order valence-electron chi connectivity index (χ0n) is 13.4. The molecule has 0 aliphatic heterocycles. The average molecular weight is 436 g/mol. The van der Waals surface area contributed by atoms with E-state index >= 15 is 0 Å². The number of hydrogen-bond donors (Lipinski definition) is 0. The van der Waals surface area contributed by atoms with Gasteiger partial charge in [-0.15, -0.1) is 0 Å². The number of halogens is 4. The van der Waals surface area contributed by atoms with Crippen LogP contribution in [-0.4, -0.2) is 11.9 Å². The lowest BCUT2D eigenvalue weighted by molar-refractivity contribution is -0.145. The molecule has 0 bridgehead atoms. The van der Waals surface area contributed by atoms with E-state index in [1.165, 1.54) is 12.1 Å². The topological polar surface area (TPSA) is 52.6 Å². The number of carbonyl (C=O) groups excluding carboxylic acids is 2. The molecule has 0 saturated heterocycles. The van der Waals surface area contributed by atoms with Gasteiger partial charge in [0, 0.05) is 22.9 Å². The van der Waals surface area contributed by atoms with Crippen molar-refractivity contribution in [2.24, 2.45) is 0 Å². The molecule has 0 radical (unpaired) electrons. The number of rotatable bonds is 7. The van der Waals surface area contributed by atoms with Gasteiger partial charge in [-0.1, -0.05) is 58.5 Å². The molecule has 0 N–H and O–H groups in total. The van der Waals surface area contributed by atoms with E-state index in [2.05, 4.69) is 0 Å². The molecule has 4 nitrogen and oxygen atoms in total. The van der Waals surface area contributed by atoms with Crippen molar-refractivity contribution in [2.45, 2.75) is 25.9 Å². The molecule has 8 heteroatoms. The molecule has 2 aromatic rings. The molecule has 2 aromatic carbocycles. The van der Waals surface area contributed by atoms with Gasteiger partial charge in [0.15, 0.2) is 5.75 Å². The van der Waals surface area contributed by atoms with Gasteiger partial charge < -0.3 is 9.47 Å². The summed E-state index contributed by atoms with van der Waals surface area (Å²) in [5.41, 5.74) is 0.828. The number of ether oxygens (including phenoxy) is 2. The Kier molecular flexibility index (Phi) is 8.04. The lowest BCUT2D eigenvalue weighted by Gasteiger charge is -2.09. The number of carbonyl (C=O) groups is 2. The van der Waals surface area contributed by atoms with Crippen LogP contribution in [0.1, 0.15) is 24.8 Å². The highest BCUT2D eigenvalue weighted by Crippen LogP contribution is 2.36. The lowest BCUT2D eigenvalue weighted by atomic mass is 10.2. The van der Waals surface area contributed by atoms with E-state index < -0.39 is 11.9 Å². The van der Waals surface area contributed by atoms with Crippen molar-refractivity contribution >= 4 is 58.3 Å². The molecule has 0 aliphatic rings. The van der Waals surface area contributed by atoms with Gasteiger partial charge in [0.2, 0.25) is 0 Å². The largest absolute Gasteiger partial charge is 0.461 e. The Balaban J connectivity index is 1.72. The Morgan fingerprint density at radius 3 is 2.00 bits per heavy atom. The van der Waals surface area contributed by atoms with Crippen molar-refractivity contribution in [1.82, 2.24) is 0 Å². The Morgan fingerprint density at radius 2 is 1.38 bits per heavy atom. The lowest BCUT2D eigenvalue weighted by Crippen LogP contribution is -2.10. The van der Waals surface area contributed by atoms with Crippen LogP contribution in [-0.2, 0) is 20.9 Å². The standard InChI is InChI=1S/C18H14Cl4O4/c19-12-6-4-11(5-7-12)10-25-16(23)2-1-3-17(24)26-18-14(21)8-13(20)9-15(18)22/h4-9H,1-3,10H2. The fourth-order valence-electron chi connectivity index (χ4n) is 1.99. The van der Waals surface area contributed by atoms with E-state index in [4.69, 9.17) is 55.9 Å². The summed E-state index contributed by atoms with van der Waals surface area (Å²) in [6, 6.07) is 9.82. The van der Waals surface area contributed by atoms with Gasteiger partial charge in [0.1, 0.15) is 6.61 Å². The van der Waals surface area contributed by atoms with Gasteiger partial charge in [-0.2, -0.15) is 0 Å². The minimum absolute atomic E-state index is 0.0192. The molecule has 0 unspecified atom stereocenters. The van der Waals surface area contributed by atoms with Gasteiger partial charge in [-0.05, 0) is 36.2 Å². The smallest absolute Gasteiger partial charge is 0.311 e. The zero-order chi connectivity index (χ0) is 19.1. The predicted octanol–water partition coefficient (Wildman–Crippen LogP) is 6.12. The molecule has 26 heavy (non-hydrogen) atoms. The number of esters is 2. The maximum Gasteiger partial charge on any atom is 0.311 e. The van der Waals surface area contributed by atoms with Crippen LogP contribution in [0, 0.1) is 0 Å². The molecule has 0 atom stereocenters. The first kappa shape index (κ1) is 20.8. The molecule has 0 spiro atoms. The Labute approximate surface area is 170 Å². The van der Waals surface area contributed by atoms with Crippen LogP contribution in [0.15, 0.2) is 36.4 Å². The van der Waals surface area contributed by atoms with Crippen LogP contribution in [0.3, 0.4) is 0 Å². The highest BCUT2D eigenvalue weighted by Gasteiger charge is 2.14. The minimum atomic E-state index is -0.554. The van der Waals surface area contributed by atoms with E-state index in [0.29, 0.717) is 10.0 Å². The van der Waals surface area contributed by atoms with Crippen LogP contribution in [0.5, 0.6) is 5.75 Å². The fourth-order valence-corrected chi connectivity index (χ4v) is 3.01. The third kappa shape index (κ3) is 6.69. The molecule has 138 valence electrons. The molecular weight excluding hydrogens is 422 g/mol. The van der Waals surface area contributed by atoms with Crippen LogP contribution >= 0.6 is 46.4 Å². The first-order valence-electron chi connectivity index (χ1n) is 7.60. The van der Waals surface area contributed by atoms with Gasteiger partial charge >= 0.3 is 11.9 Å². The van der Waals surface area contributed by atoms with E-state index in [0.717, 1.165) is 5.56 Å². The number of hydrogen-bond acceptors (Lipinski definition) is 4. The van der Waals surface area contributed by atoms with Gasteiger partial charge in [-0.3, -0.25) is 9.59 Å². The Bertz CT molecular complexity index is 767. The van der Waals surface area contributed by atoms with Gasteiger partial charge in [0.25, 0.3) is 0 Å². The third-order valence-electron chi connectivity index (χ3n) is 3.25. The summed E-state index contributed by atoms with van der Waals surface area (Å²) in [7, 11) is 0. The molecule has 2 rings (SSSR count). The van der Waals surface area contributed by atoms with Crippen molar-refractivity contribution in [1.29, 1.82) is 0 Å². The van der Waals surface area contributed by atoms with E-state index in [1.807, 2.05) is 0 Å². The SMILES string of the molecule is O=C(CCCC(=O)Oc1c(Cl)cc(Cl)cc1Cl)OCc1ccc(Cl)cc1. The first-order chi connectivity index (χ1) is 12.3. The van der Waals surface area contributed by atoms with Gasteiger partial charge in [0.05, 0.1) is 10.0 Å². The second kappa shape index (κ2) is 10.0. The summed E-state index contributed by atoms with van der Waals surface area (Å²) in [5.74, 6) is -0.912. The quantitative estimate of drug-likeness (QED) is 0.388. The Hall–Kier alpha value is -1.46. The second-order valence-electron chi connectivity index (χ2n) is 5.31. The summed E-state index contributed by atoms with van der Waals surface area (Å²) in [5, 5.41) is 1.22. The second-order valence-corrected chi connectivity index (χ2v) is 7.00. The van der Waals surface area contributed by atoms with E-state index in [1.54, 1.807) is 24.3 Å². The average Bonchev–Trinajstić information content (AvgIpc) is 2.57. The molecular formula is C18H14Cl4O4. The summed E-state index contributed by atoms with van der Waals surface area (Å²) in [4.78, 5) is 23.6. The summed E-state index contributed by atoms with van der Waals surface area (Å²) >= 11 is 23.5. The van der Waals surface area contributed by atoms with E-state index in [9.17, 15) is 9.59 Å². The predicted molar refractivity (Wildman–Crippen MR) is 102 cm³/mol. The van der Waals surface area contributed by atoms with Crippen molar-refractivity contribution in [2.75, 3.05) is 0 Å². The molecule has 0 heterocycles. The summed E-state index contributed by atoms with van der Waals surface area (Å²) in [6.45, 7) is 0.149. The van der Waals surface area contributed by atoms with Crippen molar-refractivity contribution in [3.63, 3.8) is 0 Å². The molecule has 0 saturated carbocycles. The minimum Gasteiger partial charge on any atom is -0.461 e. The first-order valence-corrected chi connectivity index (χ1v) is 9.11. The van der Waals surface area contributed by atoms with Crippen molar-refractivity contribution < 1.29 is 19.1 Å². The van der Waals surface area contributed by atoms with Gasteiger partial charge in [-0.25, -0.2) is 0 Å². The Morgan fingerprint density at radius 1 is 0.808 bits per heavy atom. The normalized spacial score (nSPS) is 10.5. The van der Waals surface area contributed by atoms with Crippen LogP contribution in [0.25, 0.3) is 0 Å².